The molecule has 0 bridgehead atoms. The lowest BCUT2D eigenvalue weighted by molar-refractivity contribution is -0.118. The minimum absolute atomic E-state index is 0.157. The van der Waals surface area contributed by atoms with Crippen molar-refractivity contribution in [2.45, 2.75) is 6.92 Å². The number of rotatable bonds is 5. The van der Waals surface area contributed by atoms with Crippen molar-refractivity contribution < 1.29 is 9.53 Å². The van der Waals surface area contributed by atoms with Crippen LogP contribution in [0.4, 0.5) is 0 Å². The third-order valence-corrected chi connectivity index (χ3v) is 1.43. The topological polar surface area (TPSA) is 38.3 Å². The highest BCUT2D eigenvalue weighted by molar-refractivity contribution is 5.75. The standard InChI is InChI=1S/C11H15NO2/c1-8(10(3)14-5)6-7-9(2)12-11(4)13/h6-7H,1-3H2,4-5H3,(H,12,13)/b7-6-. The van der Waals surface area contributed by atoms with Gasteiger partial charge >= 0.3 is 0 Å². The summed E-state index contributed by atoms with van der Waals surface area (Å²) >= 11 is 0. The van der Waals surface area contributed by atoms with Gasteiger partial charge in [-0.2, -0.15) is 0 Å². The Morgan fingerprint density at radius 1 is 1.29 bits per heavy atom. The molecule has 0 unspecified atom stereocenters. The number of ether oxygens (including phenoxy) is 1. The van der Waals surface area contributed by atoms with Gasteiger partial charge in [-0.25, -0.2) is 0 Å². The number of carbonyl (C=O) groups excluding carboxylic acids is 1. The quantitative estimate of drug-likeness (QED) is 0.535. The van der Waals surface area contributed by atoms with Crippen LogP contribution in [0.3, 0.4) is 0 Å². The highest BCUT2D eigenvalue weighted by atomic mass is 16.5. The fourth-order valence-corrected chi connectivity index (χ4v) is 0.693. The molecule has 0 aliphatic carbocycles. The molecule has 0 aliphatic heterocycles. The molecule has 0 aliphatic rings. The monoisotopic (exact) mass is 193 g/mol. The van der Waals surface area contributed by atoms with Gasteiger partial charge < -0.3 is 10.1 Å². The predicted octanol–water partition coefficient (Wildman–Crippen LogP) is 1.91. The lowest BCUT2D eigenvalue weighted by atomic mass is 10.2. The molecule has 3 nitrogen and oxygen atoms in total. The summed E-state index contributed by atoms with van der Waals surface area (Å²) in [4.78, 5) is 10.6. The second-order valence-corrected chi connectivity index (χ2v) is 2.69. The highest BCUT2D eigenvalue weighted by Crippen LogP contribution is 2.07. The van der Waals surface area contributed by atoms with E-state index in [0.717, 1.165) is 0 Å². The number of carbonyl (C=O) groups is 1. The minimum Gasteiger partial charge on any atom is -0.497 e. The highest BCUT2D eigenvalue weighted by Gasteiger charge is 1.95. The van der Waals surface area contributed by atoms with Gasteiger partial charge in [0.25, 0.3) is 0 Å². The molecule has 0 aromatic rings. The molecule has 0 rings (SSSR count). The van der Waals surface area contributed by atoms with Gasteiger partial charge in [-0.3, -0.25) is 4.79 Å². The number of amides is 1. The van der Waals surface area contributed by atoms with Gasteiger partial charge in [0.15, 0.2) is 0 Å². The van der Waals surface area contributed by atoms with E-state index in [2.05, 4.69) is 25.1 Å². The molecule has 0 radical (unpaired) electrons. The molecule has 76 valence electrons. The molecular formula is C11H15NO2. The second-order valence-electron chi connectivity index (χ2n) is 2.69. The summed E-state index contributed by atoms with van der Waals surface area (Å²) in [7, 11) is 1.52. The molecule has 0 saturated carbocycles. The molecule has 0 aromatic heterocycles. The Kier molecular flexibility index (Phi) is 5.07. The minimum atomic E-state index is -0.157. The molecule has 0 saturated heterocycles. The molecule has 0 atom stereocenters. The third-order valence-electron chi connectivity index (χ3n) is 1.43. The maximum absolute atomic E-state index is 10.6. The number of allylic oxidation sites excluding steroid dienone is 2. The number of hydrogen-bond acceptors (Lipinski definition) is 2. The van der Waals surface area contributed by atoms with Crippen molar-refractivity contribution >= 4 is 5.91 Å². The molecule has 3 heteroatoms. The number of nitrogens with one attached hydrogen (secondary N) is 1. The van der Waals surface area contributed by atoms with Crippen LogP contribution >= 0.6 is 0 Å². The first-order valence-electron chi connectivity index (χ1n) is 4.04. The van der Waals surface area contributed by atoms with Crippen molar-refractivity contribution in [3.8, 4) is 0 Å². The van der Waals surface area contributed by atoms with Crippen molar-refractivity contribution in [3.63, 3.8) is 0 Å². The summed E-state index contributed by atoms with van der Waals surface area (Å²) in [5.74, 6) is 0.327. The van der Waals surface area contributed by atoms with Crippen molar-refractivity contribution in [2.24, 2.45) is 0 Å². The van der Waals surface area contributed by atoms with Gasteiger partial charge in [0, 0.05) is 18.2 Å². The van der Waals surface area contributed by atoms with Gasteiger partial charge in [-0.05, 0) is 12.2 Å². The zero-order valence-corrected chi connectivity index (χ0v) is 8.59. The van der Waals surface area contributed by atoms with E-state index < -0.39 is 0 Å². The van der Waals surface area contributed by atoms with Crippen LogP contribution in [0.2, 0.25) is 0 Å². The van der Waals surface area contributed by atoms with Crippen LogP contribution in [0, 0.1) is 0 Å². The summed E-state index contributed by atoms with van der Waals surface area (Å²) in [5, 5.41) is 2.52. The van der Waals surface area contributed by atoms with E-state index in [1.165, 1.54) is 14.0 Å². The molecule has 0 spiro atoms. The smallest absolute Gasteiger partial charge is 0.221 e. The maximum Gasteiger partial charge on any atom is 0.221 e. The lowest BCUT2D eigenvalue weighted by Crippen LogP contribution is -2.16. The fraction of sp³-hybridized carbons (Fsp3) is 0.182. The normalized spacial score (nSPS) is 9.57. The van der Waals surface area contributed by atoms with Crippen molar-refractivity contribution in [1.82, 2.24) is 5.32 Å². The van der Waals surface area contributed by atoms with Gasteiger partial charge in [-0.15, -0.1) is 0 Å². The summed E-state index contributed by atoms with van der Waals surface area (Å²) in [5.41, 5.74) is 1.14. The van der Waals surface area contributed by atoms with E-state index in [4.69, 9.17) is 4.74 Å². The van der Waals surface area contributed by atoms with Crippen LogP contribution in [0.5, 0.6) is 0 Å². The average molecular weight is 193 g/mol. The van der Waals surface area contributed by atoms with Gasteiger partial charge in [0.05, 0.1) is 7.11 Å². The van der Waals surface area contributed by atoms with E-state index in [9.17, 15) is 4.79 Å². The average Bonchev–Trinajstić information content (AvgIpc) is 2.11. The number of hydrogen-bond donors (Lipinski definition) is 1. The Labute approximate surface area is 84.5 Å². The summed E-state index contributed by atoms with van der Waals surface area (Å²) in [6, 6.07) is 0. The molecule has 0 fully saturated rings. The maximum atomic E-state index is 10.6. The van der Waals surface area contributed by atoms with Crippen molar-refractivity contribution in [1.29, 1.82) is 0 Å². The Hall–Kier alpha value is -1.77. The van der Waals surface area contributed by atoms with Gasteiger partial charge in [0.2, 0.25) is 5.91 Å². The summed E-state index contributed by atoms with van der Waals surface area (Å²) in [6.07, 6.45) is 3.30. The first-order valence-corrected chi connectivity index (χ1v) is 4.04. The van der Waals surface area contributed by atoms with Crippen molar-refractivity contribution in [3.05, 3.63) is 48.9 Å². The van der Waals surface area contributed by atoms with Crippen molar-refractivity contribution in [2.75, 3.05) is 7.11 Å². The van der Waals surface area contributed by atoms with Crippen LogP contribution in [-0.4, -0.2) is 13.0 Å². The largest absolute Gasteiger partial charge is 0.497 e. The number of methoxy groups -OCH3 is 1. The van der Waals surface area contributed by atoms with Crippen LogP contribution in [-0.2, 0) is 9.53 Å². The van der Waals surface area contributed by atoms with Crippen LogP contribution < -0.4 is 5.32 Å². The van der Waals surface area contributed by atoms with Crippen LogP contribution in [0.25, 0.3) is 0 Å². The zero-order valence-electron chi connectivity index (χ0n) is 8.59. The second kappa shape index (κ2) is 5.80. The Bertz CT molecular complexity index is 300. The van der Waals surface area contributed by atoms with Crippen LogP contribution in [0.15, 0.2) is 48.9 Å². The van der Waals surface area contributed by atoms with E-state index >= 15 is 0 Å². The Morgan fingerprint density at radius 2 is 1.86 bits per heavy atom. The van der Waals surface area contributed by atoms with E-state index in [1.807, 2.05) is 0 Å². The van der Waals surface area contributed by atoms with E-state index in [0.29, 0.717) is 17.0 Å². The zero-order chi connectivity index (χ0) is 11.1. The van der Waals surface area contributed by atoms with Crippen LogP contribution in [0.1, 0.15) is 6.92 Å². The fourth-order valence-electron chi connectivity index (χ4n) is 0.693. The summed E-state index contributed by atoms with van der Waals surface area (Å²) < 4.78 is 4.86. The first-order chi connectivity index (χ1) is 6.47. The third kappa shape index (κ3) is 4.98. The molecule has 1 N–H and O–H groups in total. The lowest BCUT2D eigenvalue weighted by Gasteiger charge is -2.03. The SMILES string of the molecule is C=C(/C=C\C(=C)C(=C)OC)NC(C)=O. The molecule has 0 aromatic carbocycles. The van der Waals surface area contributed by atoms with Gasteiger partial charge in [-0.1, -0.05) is 19.7 Å². The molecule has 0 heterocycles. The first kappa shape index (κ1) is 12.2. The predicted molar refractivity (Wildman–Crippen MR) is 57.4 cm³/mol. The van der Waals surface area contributed by atoms with E-state index in [-0.39, 0.29) is 5.91 Å². The van der Waals surface area contributed by atoms with Gasteiger partial charge in [0.1, 0.15) is 5.76 Å². The molecule has 1 amide bonds. The molecule has 14 heavy (non-hydrogen) atoms. The molecular weight excluding hydrogens is 178 g/mol. The Morgan fingerprint density at radius 3 is 2.29 bits per heavy atom. The summed E-state index contributed by atoms with van der Waals surface area (Å²) in [6.45, 7) is 12.4. The van der Waals surface area contributed by atoms with E-state index in [1.54, 1.807) is 12.2 Å². The Balaban J connectivity index is 4.17.